The predicted octanol–water partition coefficient (Wildman–Crippen LogP) is 2.16. The number of aryl methyl sites for hydroxylation is 2. The SMILES string of the molecule is COC(=O)c1ccc2c(c1)N(C(=O)c1cc(C)ncn1)CCC2. The summed E-state index contributed by atoms with van der Waals surface area (Å²) in [5.74, 6) is -0.595. The van der Waals surface area contributed by atoms with Crippen LogP contribution in [0.1, 0.15) is 38.5 Å². The highest BCUT2D eigenvalue weighted by atomic mass is 16.5. The van der Waals surface area contributed by atoms with E-state index >= 15 is 0 Å². The van der Waals surface area contributed by atoms with E-state index < -0.39 is 5.97 Å². The van der Waals surface area contributed by atoms with Crippen molar-refractivity contribution in [3.05, 3.63) is 53.1 Å². The number of nitrogens with zero attached hydrogens (tertiary/aromatic N) is 3. The van der Waals surface area contributed by atoms with Gasteiger partial charge >= 0.3 is 5.97 Å². The van der Waals surface area contributed by atoms with Crippen LogP contribution in [0.5, 0.6) is 0 Å². The van der Waals surface area contributed by atoms with Gasteiger partial charge in [0.1, 0.15) is 12.0 Å². The van der Waals surface area contributed by atoms with E-state index in [1.807, 2.05) is 13.0 Å². The first kappa shape index (κ1) is 15.1. The van der Waals surface area contributed by atoms with Crippen molar-refractivity contribution in [3.8, 4) is 0 Å². The number of esters is 1. The molecule has 0 bridgehead atoms. The zero-order valence-corrected chi connectivity index (χ0v) is 13.1. The summed E-state index contributed by atoms with van der Waals surface area (Å²) >= 11 is 0. The van der Waals surface area contributed by atoms with Crippen LogP contribution in [-0.2, 0) is 11.2 Å². The van der Waals surface area contributed by atoms with Crippen LogP contribution in [-0.4, -0.2) is 35.5 Å². The lowest BCUT2D eigenvalue weighted by atomic mass is 9.99. The molecule has 0 N–H and O–H groups in total. The second-order valence-corrected chi connectivity index (χ2v) is 5.44. The molecule has 1 aromatic carbocycles. The summed E-state index contributed by atoms with van der Waals surface area (Å²) in [6, 6.07) is 6.99. The van der Waals surface area contributed by atoms with Gasteiger partial charge in [-0.05, 0) is 43.5 Å². The van der Waals surface area contributed by atoms with Gasteiger partial charge in [0.15, 0.2) is 0 Å². The Balaban J connectivity index is 2.00. The molecule has 0 spiro atoms. The molecule has 0 saturated carbocycles. The zero-order chi connectivity index (χ0) is 16.4. The Bertz CT molecular complexity index is 773. The minimum Gasteiger partial charge on any atom is -0.465 e. The number of aromatic nitrogens is 2. The molecule has 0 fully saturated rings. The van der Waals surface area contributed by atoms with Gasteiger partial charge in [0, 0.05) is 17.9 Å². The second kappa shape index (κ2) is 6.16. The predicted molar refractivity (Wildman–Crippen MR) is 84.5 cm³/mol. The van der Waals surface area contributed by atoms with Gasteiger partial charge in [0.2, 0.25) is 0 Å². The molecule has 1 aliphatic heterocycles. The third-order valence-corrected chi connectivity index (χ3v) is 3.89. The van der Waals surface area contributed by atoms with Gasteiger partial charge in [-0.15, -0.1) is 0 Å². The maximum absolute atomic E-state index is 12.8. The standard InChI is InChI=1S/C17H17N3O3/c1-11-8-14(19-10-18-11)16(21)20-7-3-4-12-5-6-13(9-15(12)20)17(22)23-2/h5-6,8-10H,3-4,7H2,1-2H3. The lowest BCUT2D eigenvalue weighted by molar-refractivity contribution is 0.0600. The van der Waals surface area contributed by atoms with Gasteiger partial charge in [0.05, 0.1) is 12.7 Å². The zero-order valence-electron chi connectivity index (χ0n) is 13.1. The van der Waals surface area contributed by atoms with Gasteiger partial charge in [-0.3, -0.25) is 4.79 Å². The van der Waals surface area contributed by atoms with Crippen molar-refractivity contribution in [2.75, 3.05) is 18.6 Å². The summed E-state index contributed by atoms with van der Waals surface area (Å²) in [7, 11) is 1.34. The lowest BCUT2D eigenvalue weighted by Gasteiger charge is -2.29. The maximum Gasteiger partial charge on any atom is 0.337 e. The summed E-state index contributed by atoms with van der Waals surface area (Å²) < 4.78 is 4.76. The van der Waals surface area contributed by atoms with Crippen LogP contribution in [0.15, 0.2) is 30.6 Å². The number of fused-ring (bicyclic) bond motifs is 1. The minimum atomic E-state index is -0.413. The van der Waals surface area contributed by atoms with Gasteiger partial charge in [-0.2, -0.15) is 0 Å². The van der Waals surface area contributed by atoms with Crippen molar-refractivity contribution < 1.29 is 14.3 Å². The Kier molecular flexibility index (Phi) is 4.06. The molecule has 0 atom stereocenters. The summed E-state index contributed by atoms with van der Waals surface area (Å²) in [6.07, 6.45) is 3.14. The molecule has 6 heteroatoms. The van der Waals surface area contributed by atoms with Crippen LogP contribution >= 0.6 is 0 Å². The second-order valence-electron chi connectivity index (χ2n) is 5.44. The average Bonchev–Trinajstić information content (AvgIpc) is 2.59. The van der Waals surface area contributed by atoms with Crippen molar-refractivity contribution in [2.45, 2.75) is 19.8 Å². The monoisotopic (exact) mass is 311 g/mol. The van der Waals surface area contributed by atoms with E-state index in [2.05, 4.69) is 9.97 Å². The lowest BCUT2D eigenvalue weighted by Crippen LogP contribution is -2.36. The largest absolute Gasteiger partial charge is 0.465 e. The highest BCUT2D eigenvalue weighted by molar-refractivity contribution is 6.06. The van der Waals surface area contributed by atoms with E-state index in [1.165, 1.54) is 13.4 Å². The number of hydrogen-bond donors (Lipinski definition) is 0. The summed E-state index contributed by atoms with van der Waals surface area (Å²) in [5, 5.41) is 0. The molecule has 1 amide bonds. The maximum atomic E-state index is 12.8. The highest BCUT2D eigenvalue weighted by Crippen LogP contribution is 2.29. The molecule has 118 valence electrons. The van der Waals surface area contributed by atoms with Gasteiger partial charge in [0.25, 0.3) is 5.91 Å². The number of hydrogen-bond acceptors (Lipinski definition) is 5. The first-order chi connectivity index (χ1) is 11.1. The average molecular weight is 311 g/mol. The van der Waals surface area contributed by atoms with Crippen molar-refractivity contribution >= 4 is 17.6 Å². The quantitative estimate of drug-likeness (QED) is 0.795. The van der Waals surface area contributed by atoms with E-state index in [-0.39, 0.29) is 5.91 Å². The third-order valence-electron chi connectivity index (χ3n) is 3.89. The third kappa shape index (κ3) is 2.92. The molecule has 0 unspecified atom stereocenters. The molecule has 0 radical (unpaired) electrons. The van der Waals surface area contributed by atoms with Crippen molar-refractivity contribution in [2.24, 2.45) is 0 Å². The number of ether oxygens (including phenoxy) is 1. The first-order valence-electron chi connectivity index (χ1n) is 7.42. The summed E-state index contributed by atoms with van der Waals surface area (Å²) in [6.45, 7) is 2.41. The molecule has 6 nitrogen and oxygen atoms in total. The van der Waals surface area contributed by atoms with E-state index in [0.29, 0.717) is 17.8 Å². The molecule has 3 rings (SSSR count). The fourth-order valence-electron chi connectivity index (χ4n) is 2.74. The van der Waals surface area contributed by atoms with E-state index in [0.717, 1.165) is 29.8 Å². The fraction of sp³-hybridized carbons (Fsp3) is 0.294. The van der Waals surface area contributed by atoms with Gasteiger partial charge < -0.3 is 9.64 Å². The number of carbonyl (C=O) groups is 2. The Labute approximate surface area is 134 Å². The van der Waals surface area contributed by atoms with Crippen LogP contribution in [0.2, 0.25) is 0 Å². The Morgan fingerprint density at radius 2 is 2.04 bits per heavy atom. The normalized spacial score (nSPS) is 13.4. The molecular formula is C17H17N3O3. The topological polar surface area (TPSA) is 72.4 Å². The Morgan fingerprint density at radius 3 is 2.78 bits per heavy atom. The summed E-state index contributed by atoms with van der Waals surface area (Å²) in [4.78, 5) is 34.3. The van der Waals surface area contributed by atoms with E-state index in [4.69, 9.17) is 4.74 Å². The smallest absolute Gasteiger partial charge is 0.337 e. The number of methoxy groups -OCH3 is 1. The molecular weight excluding hydrogens is 294 g/mol. The van der Waals surface area contributed by atoms with Crippen molar-refractivity contribution in [3.63, 3.8) is 0 Å². The number of benzene rings is 1. The minimum absolute atomic E-state index is 0.182. The van der Waals surface area contributed by atoms with Crippen LogP contribution in [0, 0.1) is 6.92 Å². The Morgan fingerprint density at radius 1 is 1.22 bits per heavy atom. The number of amides is 1. The molecule has 0 aliphatic carbocycles. The molecule has 23 heavy (non-hydrogen) atoms. The molecule has 2 heterocycles. The van der Waals surface area contributed by atoms with Crippen molar-refractivity contribution in [1.82, 2.24) is 9.97 Å². The summed E-state index contributed by atoms with van der Waals surface area (Å²) in [5.41, 5.74) is 3.32. The van der Waals surface area contributed by atoms with Crippen LogP contribution in [0.4, 0.5) is 5.69 Å². The molecule has 1 aliphatic rings. The van der Waals surface area contributed by atoms with Gasteiger partial charge in [-0.25, -0.2) is 14.8 Å². The fourth-order valence-corrected chi connectivity index (χ4v) is 2.74. The van der Waals surface area contributed by atoms with Gasteiger partial charge in [-0.1, -0.05) is 6.07 Å². The molecule has 0 saturated heterocycles. The van der Waals surface area contributed by atoms with E-state index in [1.54, 1.807) is 23.1 Å². The van der Waals surface area contributed by atoms with Crippen LogP contribution in [0.3, 0.4) is 0 Å². The van der Waals surface area contributed by atoms with Crippen LogP contribution in [0.25, 0.3) is 0 Å². The van der Waals surface area contributed by atoms with Crippen molar-refractivity contribution in [1.29, 1.82) is 0 Å². The molecule has 2 aromatic rings. The first-order valence-corrected chi connectivity index (χ1v) is 7.42. The van der Waals surface area contributed by atoms with Crippen LogP contribution < -0.4 is 4.90 Å². The highest BCUT2D eigenvalue weighted by Gasteiger charge is 2.25. The number of anilines is 1. The Hall–Kier alpha value is -2.76. The van der Waals surface area contributed by atoms with E-state index in [9.17, 15) is 9.59 Å². The molecule has 1 aromatic heterocycles. The number of carbonyl (C=O) groups excluding carboxylic acids is 2. The number of rotatable bonds is 2.